The van der Waals surface area contributed by atoms with E-state index < -0.39 is 0 Å². The fourth-order valence-corrected chi connectivity index (χ4v) is 2.65. The molecule has 1 N–H and O–H groups in total. The van der Waals surface area contributed by atoms with E-state index in [9.17, 15) is 5.26 Å². The number of rotatable bonds is 1. The summed E-state index contributed by atoms with van der Waals surface area (Å²) in [5.41, 5.74) is 4.25. The Kier molecular flexibility index (Phi) is 3.75. The highest BCUT2D eigenvalue weighted by atomic mass is 15.1. The summed E-state index contributed by atoms with van der Waals surface area (Å²) in [6.07, 6.45) is 0. The largest absolute Gasteiger partial charge is 0.338 e. The average molecular weight is 301 g/mol. The summed E-state index contributed by atoms with van der Waals surface area (Å²) in [5.74, 6) is 0.826. The molecule has 23 heavy (non-hydrogen) atoms. The van der Waals surface area contributed by atoms with Crippen molar-refractivity contribution in [1.82, 2.24) is 5.32 Å². The first-order valence-corrected chi connectivity index (χ1v) is 7.66. The van der Waals surface area contributed by atoms with Gasteiger partial charge in [0.2, 0.25) is 0 Å². The molecule has 0 amide bonds. The number of nitrogens with zero attached hydrogens (tertiary/aromatic N) is 2. The molecule has 1 aliphatic rings. The highest BCUT2D eigenvalue weighted by molar-refractivity contribution is 6.17. The molecule has 0 saturated heterocycles. The molecular formula is C20H19N3. The fraction of sp³-hybridized carbons (Fsp3) is 0.200. The van der Waals surface area contributed by atoms with Crippen LogP contribution < -0.4 is 5.32 Å². The Morgan fingerprint density at radius 3 is 2.17 bits per heavy atom. The van der Waals surface area contributed by atoms with E-state index in [1.165, 1.54) is 0 Å². The Bertz CT molecular complexity index is 831. The van der Waals surface area contributed by atoms with Crippen molar-refractivity contribution in [3.05, 3.63) is 71.3 Å². The van der Waals surface area contributed by atoms with Gasteiger partial charge in [0.05, 0.1) is 16.8 Å². The second-order valence-corrected chi connectivity index (χ2v) is 6.53. The summed E-state index contributed by atoms with van der Waals surface area (Å²) >= 11 is 0. The Balaban J connectivity index is 2.21. The van der Waals surface area contributed by atoms with Crippen LogP contribution >= 0.6 is 0 Å². The minimum Gasteiger partial charge on any atom is -0.338 e. The summed E-state index contributed by atoms with van der Waals surface area (Å²) in [6, 6.07) is 20.1. The molecule has 3 heteroatoms. The summed E-state index contributed by atoms with van der Waals surface area (Å²) in [6.45, 7) is 6.19. The lowest BCUT2D eigenvalue weighted by molar-refractivity contribution is 0.582. The minimum absolute atomic E-state index is 0.190. The molecule has 0 aliphatic carbocycles. The molecular weight excluding hydrogens is 282 g/mol. The van der Waals surface area contributed by atoms with E-state index in [0.29, 0.717) is 5.57 Å². The molecule has 2 aromatic rings. The summed E-state index contributed by atoms with van der Waals surface area (Å²) < 4.78 is 0. The predicted octanol–water partition coefficient (Wildman–Crippen LogP) is 4.23. The zero-order chi connectivity index (χ0) is 16.4. The Labute approximate surface area is 137 Å². The van der Waals surface area contributed by atoms with Crippen LogP contribution in [0.2, 0.25) is 0 Å². The Morgan fingerprint density at radius 2 is 1.57 bits per heavy atom. The normalized spacial score (nSPS) is 17.4. The van der Waals surface area contributed by atoms with E-state index in [0.717, 1.165) is 28.2 Å². The van der Waals surface area contributed by atoms with Crippen molar-refractivity contribution in [3.63, 3.8) is 0 Å². The summed E-state index contributed by atoms with van der Waals surface area (Å²) in [5, 5.41) is 13.1. The van der Waals surface area contributed by atoms with Gasteiger partial charge in [-0.2, -0.15) is 5.26 Å². The average Bonchev–Trinajstić information content (AvgIpc) is 2.86. The van der Waals surface area contributed by atoms with Crippen LogP contribution in [0.1, 0.15) is 37.5 Å². The summed E-state index contributed by atoms with van der Waals surface area (Å²) in [4.78, 5) is 4.77. The van der Waals surface area contributed by atoms with E-state index in [2.05, 4.69) is 32.2 Å². The van der Waals surface area contributed by atoms with Crippen molar-refractivity contribution in [2.75, 3.05) is 0 Å². The number of fused-ring (bicyclic) bond motifs is 1. The second-order valence-electron chi connectivity index (χ2n) is 6.53. The molecule has 0 bridgehead atoms. The van der Waals surface area contributed by atoms with Crippen LogP contribution in [-0.4, -0.2) is 11.4 Å². The van der Waals surface area contributed by atoms with Crippen molar-refractivity contribution in [1.29, 1.82) is 5.26 Å². The Hall–Kier alpha value is -2.86. The predicted molar refractivity (Wildman–Crippen MR) is 94.7 cm³/mol. The number of hydrogen-bond acceptors (Lipinski definition) is 2. The number of allylic oxidation sites excluding steroid dienone is 1. The SMILES string of the molecule is CC(C)(C)N=C1N/C(=C(/C#N)c2ccccc2)c2ccccc21. The van der Waals surface area contributed by atoms with Crippen LogP contribution in [0, 0.1) is 11.3 Å². The van der Waals surface area contributed by atoms with Crippen LogP contribution in [0.15, 0.2) is 59.6 Å². The van der Waals surface area contributed by atoms with Gasteiger partial charge >= 0.3 is 0 Å². The monoisotopic (exact) mass is 301 g/mol. The second kappa shape index (κ2) is 5.73. The molecule has 0 atom stereocenters. The van der Waals surface area contributed by atoms with Crippen LogP contribution in [-0.2, 0) is 0 Å². The van der Waals surface area contributed by atoms with Gasteiger partial charge in [-0.1, -0.05) is 54.6 Å². The third-order valence-electron chi connectivity index (χ3n) is 3.57. The molecule has 0 unspecified atom stereocenters. The first-order chi connectivity index (χ1) is 11.0. The highest BCUT2D eigenvalue weighted by Gasteiger charge is 2.26. The maximum atomic E-state index is 9.70. The number of benzene rings is 2. The van der Waals surface area contributed by atoms with E-state index in [4.69, 9.17) is 4.99 Å². The molecule has 114 valence electrons. The molecule has 0 spiro atoms. The van der Waals surface area contributed by atoms with E-state index in [-0.39, 0.29) is 5.54 Å². The fourth-order valence-electron chi connectivity index (χ4n) is 2.65. The highest BCUT2D eigenvalue weighted by Crippen LogP contribution is 2.32. The van der Waals surface area contributed by atoms with Crippen LogP contribution in [0.5, 0.6) is 0 Å². The lowest BCUT2D eigenvalue weighted by Crippen LogP contribution is -2.21. The van der Waals surface area contributed by atoms with E-state index in [1.807, 2.05) is 54.6 Å². The first kappa shape index (κ1) is 15.1. The quantitative estimate of drug-likeness (QED) is 0.801. The number of amidine groups is 1. The van der Waals surface area contributed by atoms with Crippen LogP contribution in [0.25, 0.3) is 11.3 Å². The molecule has 0 saturated carbocycles. The molecule has 1 heterocycles. The van der Waals surface area contributed by atoms with Gasteiger partial charge in [-0.25, -0.2) is 0 Å². The maximum Gasteiger partial charge on any atom is 0.133 e. The number of nitrogens with one attached hydrogen (secondary N) is 1. The number of nitriles is 1. The maximum absolute atomic E-state index is 9.70. The Morgan fingerprint density at radius 1 is 0.957 bits per heavy atom. The lowest BCUT2D eigenvalue weighted by Gasteiger charge is -2.14. The van der Waals surface area contributed by atoms with Crippen molar-refractivity contribution in [2.45, 2.75) is 26.3 Å². The smallest absolute Gasteiger partial charge is 0.133 e. The molecule has 3 nitrogen and oxygen atoms in total. The van der Waals surface area contributed by atoms with Gasteiger partial charge in [-0.05, 0) is 26.3 Å². The zero-order valence-electron chi connectivity index (χ0n) is 13.6. The molecule has 0 radical (unpaired) electrons. The third kappa shape index (κ3) is 3.02. The van der Waals surface area contributed by atoms with Gasteiger partial charge in [0.25, 0.3) is 0 Å². The van der Waals surface area contributed by atoms with Crippen LogP contribution in [0.3, 0.4) is 0 Å². The minimum atomic E-state index is -0.190. The first-order valence-electron chi connectivity index (χ1n) is 7.66. The zero-order valence-corrected chi connectivity index (χ0v) is 13.6. The summed E-state index contributed by atoms with van der Waals surface area (Å²) in [7, 11) is 0. The molecule has 1 aliphatic heterocycles. The van der Waals surface area contributed by atoms with Gasteiger partial charge in [-0.3, -0.25) is 4.99 Å². The van der Waals surface area contributed by atoms with Crippen LogP contribution in [0.4, 0.5) is 0 Å². The topological polar surface area (TPSA) is 48.2 Å². The van der Waals surface area contributed by atoms with Crippen molar-refractivity contribution >= 4 is 17.1 Å². The number of aliphatic imine (C=N–C) groups is 1. The van der Waals surface area contributed by atoms with Gasteiger partial charge in [0, 0.05) is 11.1 Å². The van der Waals surface area contributed by atoms with Gasteiger partial charge in [0.15, 0.2) is 0 Å². The molecule has 3 rings (SSSR count). The molecule has 0 aromatic heterocycles. The van der Waals surface area contributed by atoms with Crippen molar-refractivity contribution < 1.29 is 0 Å². The van der Waals surface area contributed by atoms with Crippen molar-refractivity contribution in [3.8, 4) is 6.07 Å². The van der Waals surface area contributed by atoms with Gasteiger partial charge in [0.1, 0.15) is 11.9 Å². The van der Waals surface area contributed by atoms with Gasteiger partial charge in [-0.15, -0.1) is 0 Å². The van der Waals surface area contributed by atoms with Crippen molar-refractivity contribution in [2.24, 2.45) is 4.99 Å². The third-order valence-corrected chi connectivity index (χ3v) is 3.57. The molecule has 0 fully saturated rings. The van der Waals surface area contributed by atoms with Gasteiger partial charge < -0.3 is 5.32 Å². The lowest BCUT2D eigenvalue weighted by atomic mass is 10.00. The number of hydrogen-bond donors (Lipinski definition) is 1. The standard InChI is InChI=1S/C20H19N3/c1-20(2,3)23-19-16-12-8-7-11-15(16)18(22-19)17(13-21)14-9-5-4-6-10-14/h4-12H,1-3H3,(H,22,23)/b18-17-. The van der Waals surface area contributed by atoms with E-state index in [1.54, 1.807) is 0 Å². The van der Waals surface area contributed by atoms with E-state index >= 15 is 0 Å². The molecule has 2 aromatic carbocycles.